The Morgan fingerprint density at radius 3 is 1.48 bits per heavy atom. The summed E-state index contributed by atoms with van der Waals surface area (Å²) >= 11 is 0. The second-order valence-corrected chi connectivity index (χ2v) is 13.8. The Labute approximate surface area is 278 Å². The molecular weight excluding hydrogens is 586 g/mol. The topological polar surface area (TPSA) is 142 Å². The van der Waals surface area contributed by atoms with E-state index in [4.69, 9.17) is 0 Å². The van der Waals surface area contributed by atoms with Crippen LogP contribution in [0.5, 0.6) is 0 Å². The normalized spacial score (nSPS) is 13.9. The van der Waals surface area contributed by atoms with E-state index in [1.54, 1.807) is 0 Å². The number of aliphatic hydroxyl groups is 4. The molecular formula is C36H65N3O7. The first-order valence-corrected chi connectivity index (χ1v) is 17.0. The lowest BCUT2D eigenvalue weighted by atomic mass is 9.66. The van der Waals surface area contributed by atoms with Crippen molar-refractivity contribution < 1.29 is 34.8 Å². The molecule has 0 saturated carbocycles. The molecule has 1 aliphatic heterocycles. The summed E-state index contributed by atoms with van der Waals surface area (Å²) in [6.07, 6.45) is 3.56. The summed E-state index contributed by atoms with van der Waals surface area (Å²) < 4.78 is 0. The van der Waals surface area contributed by atoms with Crippen molar-refractivity contribution in [2.24, 2.45) is 10.8 Å². The highest BCUT2D eigenvalue weighted by Gasteiger charge is 2.34. The lowest BCUT2D eigenvalue weighted by molar-refractivity contribution is -0.129. The molecule has 1 aromatic carbocycles. The molecule has 1 saturated heterocycles. The van der Waals surface area contributed by atoms with Crippen LogP contribution < -0.4 is 0 Å². The van der Waals surface area contributed by atoms with Gasteiger partial charge < -0.3 is 35.1 Å². The van der Waals surface area contributed by atoms with Gasteiger partial charge in [0.05, 0.1) is 26.4 Å². The molecule has 0 bridgehead atoms. The number of hydrogen-bond acceptors (Lipinski definition) is 7. The van der Waals surface area contributed by atoms with E-state index in [0.717, 1.165) is 37.8 Å². The summed E-state index contributed by atoms with van der Waals surface area (Å²) in [5.41, 5.74) is 1.39. The predicted molar refractivity (Wildman–Crippen MR) is 185 cm³/mol. The molecule has 3 amide bonds. The fraction of sp³-hybridized carbons (Fsp3) is 0.750. The number of benzene rings is 1. The van der Waals surface area contributed by atoms with Gasteiger partial charge in [0, 0.05) is 56.3 Å². The third kappa shape index (κ3) is 14.1. The number of aliphatic hydroxyl groups excluding tert-OH is 4. The minimum absolute atomic E-state index is 0.000909. The fourth-order valence-corrected chi connectivity index (χ4v) is 5.50. The van der Waals surface area contributed by atoms with Crippen molar-refractivity contribution in [2.75, 3.05) is 59.2 Å². The van der Waals surface area contributed by atoms with Crippen LogP contribution in [-0.2, 0) is 4.79 Å². The molecule has 0 spiro atoms. The Balaban J connectivity index is 0.00000155. The largest absolute Gasteiger partial charge is 0.395 e. The van der Waals surface area contributed by atoms with E-state index >= 15 is 0 Å². The summed E-state index contributed by atoms with van der Waals surface area (Å²) in [7, 11) is 0. The second-order valence-electron chi connectivity index (χ2n) is 13.8. The van der Waals surface area contributed by atoms with Gasteiger partial charge >= 0.3 is 0 Å². The van der Waals surface area contributed by atoms with Crippen LogP contribution in [-0.4, -0.2) is 118 Å². The first kappa shape index (κ1) is 43.5. The summed E-state index contributed by atoms with van der Waals surface area (Å²) in [6.45, 7) is 21.4. The van der Waals surface area contributed by atoms with E-state index in [2.05, 4.69) is 55.4 Å². The Kier molecular flexibility index (Phi) is 20.2. The molecule has 1 heterocycles. The van der Waals surface area contributed by atoms with Crippen molar-refractivity contribution in [3.05, 3.63) is 34.9 Å². The van der Waals surface area contributed by atoms with Crippen LogP contribution in [0.3, 0.4) is 0 Å². The quantitative estimate of drug-likeness (QED) is 0.218. The Morgan fingerprint density at radius 2 is 1.22 bits per heavy atom. The molecule has 0 radical (unpaired) electrons. The average molecular weight is 652 g/mol. The van der Waals surface area contributed by atoms with E-state index in [9.17, 15) is 34.8 Å². The van der Waals surface area contributed by atoms with Gasteiger partial charge in [-0.3, -0.25) is 14.4 Å². The summed E-state index contributed by atoms with van der Waals surface area (Å²) in [5, 5.41) is 37.7. The number of hydrogen-bond donors (Lipinski definition) is 4. The van der Waals surface area contributed by atoms with Gasteiger partial charge in [0.25, 0.3) is 11.8 Å². The minimum Gasteiger partial charge on any atom is -0.395 e. The Hall–Kier alpha value is -2.53. The maximum Gasteiger partial charge on any atom is 0.254 e. The van der Waals surface area contributed by atoms with Gasteiger partial charge in [-0.25, -0.2) is 0 Å². The lowest BCUT2D eigenvalue weighted by Gasteiger charge is -2.38. The number of likely N-dealkylation sites (tertiary alicyclic amines) is 1. The summed E-state index contributed by atoms with van der Waals surface area (Å²) in [4.78, 5) is 42.4. The molecule has 10 nitrogen and oxygen atoms in total. The number of nitrogens with zero attached hydrogens (tertiary/aromatic N) is 3. The van der Waals surface area contributed by atoms with Crippen molar-refractivity contribution in [2.45, 2.75) is 107 Å². The van der Waals surface area contributed by atoms with Gasteiger partial charge in [0.2, 0.25) is 5.91 Å². The van der Waals surface area contributed by atoms with Crippen molar-refractivity contribution >= 4 is 17.7 Å². The number of carbonyl (C=O) groups is 3. The molecule has 1 unspecified atom stereocenters. The molecule has 266 valence electrons. The molecule has 4 N–H and O–H groups in total. The highest BCUT2D eigenvalue weighted by molar-refractivity contribution is 6.00. The lowest BCUT2D eigenvalue weighted by Crippen LogP contribution is -2.37. The zero-order valence-electron chi connectivity index (χ0n) is 30.4. The second kappa shape index (κ2) is 21.4. The van der Waals surface area contributed by atoms with E-state index in [1.165, 1.54) is 15.9 Å². The standard InChI is InChI=1S/C27H46N2O6.C7H13NO.C2H6/c1-7-27(5,6)23(19-26(2,3)4)20-16-21(24(34)28(8-12-30)9-13-31)18-22(17-20)25(35)29(10-14-32)11-15-33;1-6(2)8-5-3-4-7(8)9;1-2/h16-18,23,30-33H,7-15,19H2,1-6H3;6H,3-5H2,1-2H3;1-2H3. The summed E-state index contributed by atoms with van der Waals surface area (Å²) in [5.74, 6) is -0.363. The van der Waals surface area contributed by atoms with Crippen LogP contribution in [0.2, 0.25) is 0 Å². The minimum atomic E-state index is -0.372. The maximum atomic E-state index is 13.4. The van der Waals surface area contributed by atoms with E-state index in [-0.39, 0.29) is 81.2 Å². The van der Waals surface area contributed by atoms with Crippen LogP contribution in [0.15, 0.2) is 18.2 Å². The zero-order valence-corrected chi connectivity index (χ0v) is 30.4. The van der Waals surface area contributed by atoms with Gasteiger partial charge in [-0.1, -0.05) is 61.8 Å². The predicted octanol–water partition coefficient (Wildman–Crippen LogP) is 4.54. The van der Waals surface area contributed by atoms with Gasteiger partial charge in [-0.05, 0) is 67.2 Å². The van der Waals surface area contributed by atoms with Gasteiger partial charge in [-0.15, -0.1) is 0 Å². The molecule has 1 fully saturated rings. The molecule has 10 heteroatoms. The van der Waals surface area contributed by atoms with Crippen LogP contribution in [0, 0.1) is 10.8 Å². The average Bonchev–Trinajstić information content (AvgIpc) is 3.45. The van der Waals surface area contributed by atoms with Crippen LogP contribution >= 0.6 is 0 Å². The van der Waals surface area contributed by atoms with Crippen molar-refractivity contribution in [1.29, 1.82) is 0 Å². The molecule has 2 rings (SSSR count). The third-order valence-corrected chi connectivity index (χ3v) is 8.31. The molecule has 1 atom stereocenters. The first-order valence-electron chi connectivity index (χ1n) is 17.0. The molecule has 0 aliphatic carbocycles. The molecule has 46 heavy (non-hydrogen) atoms. The van der Waals surface area contributed by atoms with Crippen molar-refractivity contribution in [3.8, 4) is 0 Å². The summed E-state index contributed by atoms with van der Waals surface area (Å²) in [6, 6.07) is 5.60. The van der Waals surface area contributed by atoms with Crippen LogP contribution in [0.25, 0.3) is 0 Å². The van der Waals surface area contributed by atoms with E-state index in [0.29, 0.717) is 23.1 Å². The first-order chi connectivity index (χ1) is 21.6. The monoisotopic (exact) mass is 651 g/mol. The van der Waals surface area contributed by atoms with Gasteiger partial charge in [0.1, 0.15) is 0 Å². The number of amides is 3. The van der Waals surface area contributed by atoms with Crippen LogP contribution in [0.1, 0.15) is 127 Å². The third-order valence-electron chi connectivity index (χ3n) is 8.31. The molecule has 0 aromatic heterocycles. The fourth-order valence-electron chi connectivity index (χ4n) is 5.50. The van der Waals surface area contributed by atoms with Gasteiger partial charge in [-0.2, -0.15) is 0 Å². The molecule has 1 aliphatic rings. The zero-order chi connectivity index (χ0) is 35.7. The Bertz CT molecular complexity index is 994. The maximum absolute atomic E-state index is 13.4. The van der Waals surface area contributed by atoms with Gasteiger partial charge in [0.15, 0.2) is 0 Å². The van der Waals surface area contributed by atoms with Crippen molar-refractivity contribution in [1.82, 2.24) is 14.7 Å². The Morgan fingerprint density at radius 1 is 0.804 bits per heavy atom. The smallest absolute Gasteiger partial charge is 0.254 e. The number of carbonyl (C=O) groups excluding carboxylic acids is 3. The SMILES string of the molecule is CC.CC(C)N1CCCC1=O.CCC(C)(C)C(CC(C)(C)C)c1cc(C(=O)N(CCO)CCO)cc(C(=O)N(CCO)CCO)c1. The number of rotatable bonds is 15. The highest BCUT2D eigenvalue weighted by Crippen LogP contribution is 2.45. The van der Waals surface area contributed by atoms with E-state index < -0.39 is 0 Å². The van der Waals surface area contributed by atoms with E-state index in [1.807, 2.05) is 30.9 Å². The van der Waals surface area contributed by atoms with Crippen LogP contribution in [0.4, 0.5) is 0 Å². The molecule has 1 aromatic rings. The highest BCUT2D eigenvalue weighted by atomic mass is 16.3. The van der Waals surface area contributed by atoms with Crippen molar-refractivity contribution in [3.63, 3.8) is 0 Å².